The molecule has 0 unspecified atom stereocenters. The number of methoxy groups -OCH3 is 1. The molecular formula is C26H21Br2N3O4. The topological polar surface area (TPSA) is 100 Å². The Morgan fingerprint density at radius 2 is 1.69 bits per heavy atom. The van der Waals surface area contributed by atoms with E-state index in [4.69, 9.17) is 4.74 Å². The van der Waals surface area contributed by atoms with Gasteiger partial charge in [0, 0.05) is 11.1 Å². The smallest absolute Gasteiger partial charge is 0.287 e. The van der Waals surface area contributed by atoms with E-state index in [0.29, 0.717) is 25.8 Å². The van der Waals surface area contributed by atoms with Gasteiger partial charge in [-0.3, -0.25) is 9.59 Å². The van der Waals surface area contributed by atoms with Crippen LogP contribution in [0.5, 0.6) is 11.5 Å². The number of aromatic hydroxyl groups is 1. The number of amides is 2. The molecule has 3 rings (SSSR count). The van der Waals surface area contributed by atoms with E-state index in [2.05, 4.69) is 47.7 Å². The molecule has 0 fully saturated rings. The van der Waals surface area contributed by atoms with Gasteiger partial charge in [0.05, 0.1) is 17.8 Å². The largest absolute Gasteiger partial charge is 0.506 e. The van der Waals surface area contributed by atoms with Crippen molar-refractivity contribution in [2.24, 2.45) is 5.10 Å². The summed E-state index contributed by atoms with van der Waals surface area (Å²) in [5.74, 6) is -0.774. The molecule has 3 aromatic rings. The van der Waals surface area contributed by atoms with Crippen LogP contribution in [0.3, 0.4) is 0 Å². The van der Waals surface area contributed by atoms with E-state index in [1.807, 2.05) is 30.3 Å². The average Bonchev–Trinajstić information content (AvgIpc) is 2.87. The second-order valence-corrected chi connectivity index (χ2v) is 8.66. The van der Waals surface area contributed by atoms with Gasteiger partial charge in [-0.1, -0.05) is 60.7 Å². The van der Waals surface area contributed by atoms with E-state index in [0.717, 1.165) is 5.56 Å². The fourth-order valence-electron chi connectivity index (χ4n) is 2.89. The Bertz CT molecular complexity index is 1290. The number of carbonyl (C=O) groups excluding carboxylic acids is 2. The number of phenols is 1. The number of allylic oxidation sites excluding steroid dienone is 2. The van der Waals surface area contributed by atoms with Crippen LogP contribution < -0.4 is 15.5 Å². The first-order valence-corrected chi connectivity index (χ1v) is 11.9. The van der Waals surface area contributed by atoms with Gasteiger partial charge in [0.2, 0.25) is 0 Å². The van der Waals surface area contributed by atoms with Gasteiger partial charge in [0.15, 0.2) is 5.75 Å². The van der Waals surface area contributed by atoms with Crippen LogP contribution in [0, 0.1) is 0 Å². The maximum Gasteiger partial charge on any atom is 0.287 e. The molecule has 178 valence electrons. The first-order valence-electron chi connectivity index (χ1n) is 10.3. The van der Waals surface area contributed by atoms with Crippen LogP contribution in [-0.4, -0.2) is 30.2 Å². The molecule has 7 nitrogen and oxygen atoms in total. The lowest BCUT2D eigenvalue weighted by Gasteiger charge is -2.10. The maximum atomic E-state index is 12.8. The molecule has 3 aromatic carbocycles. The van der Waals surface area contributed by atoms with Gasteiger partial charge in [-0.2, -0.15) is 5.10 Å². The summed E-state index contributed by atoms with van der Waals surface area (Å²) in [6, 6.07) is 19.7. The van der Waals surface area contributed by atoms with E-state index in [9.17, 15) is 14.7 Å². The van der Waals surface area contributed by atoms with Gasteiger partial charge < -0.3 is 15.2 Å². The van der Waals surface area contributed by atoms with Crippen LogP contribution in [0.15, 0.2) is 98.6 Å². The first kappa shape index (κ1) is 25.9. The minimum absolute atomic E-state index is 0.00972. The zero-order valence-electron chi connectivity index (χ0n) is 18.5. The molecule has 0 aliphatic carbocycles. The second kappa shape index (κ2) is 12.7. The number of rotatable bonds is 8. The number of hydrogen-bond acceptors (Lipinski definition) is 5. The van der Waals surface area contributed by atoms with Crippen LogP contribution in [0.1, 0.15) is 21.5 Å². The molecule has 0 radical (unpaired) electrons. The van der Waals surface area contributed by atoms with Gasteiger partial charge in [0.1, 0.15) is 15.9 Å². The van der Waals surface area contributed by atoms with E-state index < -0.39 is 11.8 Å². The molecular weight excluding hydrogens is 578 g/mol. The monoisotopic (exact) mass is 597 g/mol. The number of nitrogens with one attached hydrogen (secondary N) is 2. The quantitative estimate of drug-likeness (QED) is 0.140. The number of nitrogens with zero attached hydrogens (tertiary/aromatic N) is 1. The normalized spacial score (nSPS) is 11.6. The predicted octanol–water partition coefficient (Wildman–Crippen LogP) is 5.40. The molecule has 0 aliphatic rings. The Labute approximate surface area is 219 Å². The van der Waals surface area contributed by atoms with Crippen molar-refractivity contribution >= 4 is 56.0 Å². The summed E-state index contributed by atoms with van der Waals surface area (Å²) < 4.78 is 6.13. The Morgan fingerprint density at radius 1 is 1.03 bits per heavy atom. The number of hydrogen-bond donors (Lipinski definition) is 3. The van der Waals surface area contributed by atoms with Crippen molar-refractivity contribution in [3.8, 4) is 11.5 Å². The second-order valence-electron chi connectivity index (χ2n) is 7.01. The summed E-state index contributed by atoms with van der Waals surface area (Å²) in [7, 11) is 1.47. The van der Waals surface area contributed by atoms with Crippen molar-refractivity contribution in [1.82, 2.24) is 10.7 Å². The summed E-state index contributed by atoms with van der Waals surface area (Å²) in [6.45, 7) is 0. The third-order valence-electron chi connectivity index (χ3n) is 4.63. The van der Waals surface area contributed by atoms with Crippen LogP contribution in [0.4, 0.5) is 0 Å². The molecule has 2 amide bonds. The van der Waals surface area contributed by atoms with Crippen molar-refractivity contribution in [3.63, 3.8) is 0 Å². The Morgan fingerprint density at radius 3 is 2.34 bits per heavy atom. The Balaban J connectivity index is 1.80. The lowest BCUT2D eigenvalue weighted by molar-refractivity contribution is -0.117. The minimum Gasteiger partial charge on any atom is -0.506 e. The zero-order chi connectivity index (χ0) is 25.2. The van der Waals surface area contributed by atoms with E-state index in [1.54, 1.807) is 48.6 Å². The Hall–Kier alpha value is -3.69. The minimum atomic E-state index is -0.644. The number of ether oxygens (including phenoxy) is 1. The number of carbonyl (C=O) groups is 2. The molecule has 3 N–H and O–H groups in total. The van der Waals surface area contributed by atoms with Gasteiger partial charge in [-0.05, 0) is 61.7 Å². The molecule has 0 saturated heterocycles. The number of phenolic OH excluding ortho intramolecular Hbond substituents is 1. The zero-order valence-corrected chi connectivity index (χ0v) is 21.7. The van der Waals surface area contributed by atoms with Gasteiger partial charge >= 0.3 is 0 Å². The van der Waals surface area contributed by atoms with E-state index >= 15 is 0 Å². The standard InChI is InChI=1S/C26H21Br2N3O4/c1-35-24-20(27)15-19(23(32)22(24)28)16-29-31-26(34)21(14-8-11-17-9-4-2-5-10-17)30-25(33)18-12-6-3-7-13-18/h2-16,32H,1H3,(H,30,33)(H,31,34)/b11-8+,21-14-,29-16-. The first-order chi connectivity index (χ1) is 16.9. The molecule has 0 aliphatic heterocycles. The molecule has 9 heteroatoms. The summed E-state index contributed by atoms with van der Waals surface area (Å²) in [4.78, 5) is 25.4. The van der Waals surface area contributed by atoms with Gasteiger partial charge in [0.25, 0.3) is 11.8 Å². The highest BCUT2D eigenvalue weighted by Gasteiger charge is 2.15. The van der Waals surface area contributed by atoms with E-state index in [-0.39, 0.29) is 11.4 Å². The number of halogens is 2. The van der Waals surface area contributed by atoms with Crippen molar-refractivity contribution < 1.29 is 19.4 Å². The number of benzene rings is 3. The highest BCUT2D eigenvalue weighted by atomic mass is 79.9. The molecule has 0 atom stereocenters. The van der Waals surface area contributed by atoms with E-state index in [1.165, 1.54) is 19.4 Å². The molecule has 0 heterocycles. The van der Waals surface area contributed by atoms with Crippen LogP contribution >= 0.6 is 31.9 Å². The molecule has 0 spiro atoms. The van der Waals surface area contributed by atoms with Crippen molar-refractivity contribution in [2.45, 2.75) is 0 Å². The van der Waals surface area contributed by atoms with Crippen LogP contribution in [0.2, 0.25) is 0 Å². The SMILES string of the molecule is COc1c(Br)cc(/C=N\NC(=O)/C(=C/C=C/c2ccccc2)NC(=O)c2ccccc2)c(O)c1Br. The highest BCUT2D eigenvalue weighted by Crippen LogP contribution is 2.41. The summed E-state index contributed by atoms with van der Waals surface area (Å²) in [5.41, 5.74) is 4.02. The average molecular weight is 599 g/mol. The highest BCUT2D eigenvalue weighted by molar-refractivity contribution is 9.11. The predicted molar refractivity (Wildman–Crippen MR) is 143 cm³/mol. The molecule has 0 saturated carbocycles. The fraction of sp³-hybridized carbons (Fsp3) is 0.0385. The maximum absolute atomic E-state index is 12.8. The third-order valence-corrected chi connectivity index (χ3v) is 5.96. The molecule has 0 aromatic heterocycles. The van der Waals surface area contributed by atoms with Crippen LogP contribution in [-0.2, 0) is 4.79 Å². The summed E-state index contributed by atoms with van der Waals surface area (Å²) >= 11 is 6.62. The third kappa shape index (κ3) is 7.14. The molecule has 35 heavy (non-hydrogen) atoms. The lowest BCUT2D eigenvalue weighted by Crippen LogP contribution is -2.32. The lowest BCUT2D eigenvalue weighted by atomic mass is 10.2. The Kier molecular flexibility index (Phi) is 9.39. The molecule has 0 bridgehead atoms. The number of hydrazone groups is 1. The van der Waals surface area contributed by atoms with Crippen LogP contribution in [0.25, 0.3) is 6.08 Å². The fourth-order valence-corrected chi connectivity index (χ4v) is 4.37. The summed E-state index contributed by atoms with van der Waals surface area (Å²) in [6.07, 6.45) is 6.22. The van der Waals surface area contributed by atoms with Crippen molar-refractivity contribution in [3.05, 3.63) is 110 Å². The summed E-state index contributed by atoms with van der Waals surface area (Å²) in [5, 5.41) is 16.9. The van der Waals surface area contributed by atoms with Gasteiger partial charge in [-0.15, -0.1) is 0 Å². The van der Waals surface area contributed by atoms with Gasteiger partial charge in [-0.25, -0.2) is 5.43 Å². The van der Waals surface area contributed by atoms with Crippen molar-refractivity contribution in [1.29, 1.82) is 0 Å². The van der Waals surface area contributed by atoms with Crippen molar-refractivity contribution in [2.75, 3.05) is 7.11 Å².